The monoisotopic (exact) mass is 279 g/mol. The van der Waals surface area contributed by atoms with E-state index in [4.69, 9.17) is 10.5 Å². The van der Waals surface area contributed by atoms with Crippen LogP contribution in [0.2, 0.25) is 0 Å². The summed E-state index contributed by atoms with van der Waals surface area (Å²) in [7, 11) is 1.26. The Morgan fingerprint density at radius 1 is 1.20 bits per heavy atom. The fraction of sp³-hybridized carbons (Fsp3) is 0.308. The molecule has 0 heterocycles. The van der Waals surface area contributed by atoms with Gasteiger partial charge in [0.05, 0.1) is 13.2 Å². The summed E-state index contributed by atoms with van der Waals surface area (Å²) in [4.78, 5) is 34.0. The predicted molar refractivity (Wildman–Crippen MR) is 71.5 cm³/mol. The van der Waals surface area contributed by atoms with Gasteiger partial charge in [0.2, 0.25) is 5.91 Å². The Balaban J connectivity index is 2.83. The standard InChI is InChI=1S/C13H17N3O4/c1-8(11(17)16-13(14)19)15-10(12(18)20-2)9-6-4-3-5-7-9/h3-8,10,15H,1-2H3,(H3,14,16,17,19). The highest BCUT2D eigenvalue weighted by atomic mass is 16.5. The molecule has 1 aromatic carbocycles. The van der Waals surface area contributed by atoms with E-state index in [1.54, 1.807) is 30.3 Å². The minimum absolute atomic E-state index is 0.532. The Kier molecular flexibility index (Phi) is 5.67. The maximum Gasteiger partial charge on any atom is 0.327 e. The van der Waals surface area contributed by atoms with E-state index in [0.717, 1.165) is 0 Å². The van der Waals surface area contributed by atoms with Crippen molar-refractivity contribution in [2.24, 2.45) is 5.73 Å². The molecule has 0 aromatic heterocycles. The van der Waals surface area contributed by atoms with Crippen LogP contribution in [0.4, 0.5) is 4.79 Å². The predicted octanol–water partition coefficient (Wildman–Crippen LogP) is 0.0737. The van der Waals surface area contributed by atoms with Crippen LogP contribution < -0.4 is 16.4 Å². The number of urea groups is 1. The summed E-state index contributed by atoms with van der Waals surface area (Å²) in [6.07, 6.45) is 0. The summed E-state index contributed by atoms with van der Waals surface area (Å²) in [5, 5.41) is 4.74. The van der Waals surface area contributed by atoms with E-state index in [-0.39, 0.29) is 0 Å². The third kappa shape index (κ3) is 4.36. The summed E-state index contributed by atoms with van der Waals surface area (Å²) in [5.41, 5.74) is 5.52. The number of nitrogens with two attached hydrogens (primary N) is 1. The SMILES string of the molecule is COC(=O)C(NC(C)C(=O)NC(N)=O)c1ccccc1. The molecular weight excluding hydrogens is 262 g/mol. The highest BCUT2D eigenvalue weighted by Crippen LogP contribution is 2.14. The van der Waals surface area contributed by atoms with Gasteiger partial charge in [0.15, 0.2) is 0 Å². The van der Waals surface area contributed by atoms with Gasteiger partial charge in [0, 0.05) is 0 Å². The summed E-state index contributed by atoms with van der Waals surface area (Å²) in [6, 6.07) is 6.24. The van der Waals surface area contributed by atoms with Gasteiger partial charge in [-0.15, -0.1) is 0 Å². The van der Waals surface area contributed by atoms with Crippen molar-refractivity contribution in [3.8, 4) is 0 Å². The Bertz CT molecular complexity index is 490. The van der Waals surface area contributed by atoms with Gasteiger partial charge in [0.25, 0.3) is 0 Å². The second kappa shape index (κ2) is 7.25. The lowest BCUT2D eigenvalue weighted by molar-refractivity contribution is -0.143. The molecule has 20 heavy (non-hydrogen) atoms. The quantitative estimate of drug-likeness (QED) is 0.661. The molecule has 2 atom stereocenters. The maximum atomic E-state index is 11.8. The molecule has 0 bridgehead atoms. The van der Waals surface area contributed by atoms with E-state index in [1.807, 2.05) is 5.32 Å². The summed E-state index contributed by atoms with van der Waals surface area (Å²) in [6.45, 7) is 1.51. The van der Waals surface area contributed by atoms with Crippen molar-refractivity contribution in [3.63, 3.8) is 0 Å². The van der Waals surface area contributed by atoms with Gasteiger partial charge in [-0.1, -0.05) is 30.3 Å². The highest BCUT2D eigenvalue weighted by molar-refractivity contribution is 5.96. The van der Waals surface area contributed by atoms with Crippen LogP contribution in [0.5, 0.6) is 0 Å². The summed E-state index contributed by atoms with van der Waals surface area (Å²) < 4.78 is 4.70. The smallest absolute Gasteiger partial charge is 0.327 e. The Morgan fingerprint density at radius 2 is 1.80 bits per heavy atom. The third-order valence-corrected chi connectivity index (χ3v) is 2.63. The minimum Gasteiger partial charge on any atom is -0.468 e. The molecule has 0 aliphatic heterocycles. The molecule has 7 heteroatoms. The van der Waals surface area contributed by atoms with Crippen molar-refractivity contribution in [1.82, 2.24) is 10.6 Å². The van der Waals surface area contributed by atoms with Crippen LogP contribution in [0, 0.1) is 0 Å². The number of esters is 1. The maximum absolute atomic E-state index is 11.8. The van der Waals surface area contributed by atoms with Crippen molar-refractivity contribution in [2.45, 2.75) is 19.0 Å². The van der Waals surface area contributed by atoms with Gasteiger partial charge in [0.1, 0.15) is 6.04 Å². The van der Waals surface area contributed by atoms with Crippen LogP contribution in [0.15, 0.2) is 30.3 Å². The molecule has 0 spiro atoms. The number of hydrogen-bond donors (Lipinski definition) is 3. The van der Waals surface area contributed by atoms with Crippen LogP contribution >= 0.6 is 0 Å². The average molecular weight is 279 g/mol. The molecular formula is C13H17N3O4. The number of benzene rings is 1. The van der Waals surface area contributed by atoms with E-state index in [0.29, 0.717) is 5.56 Å². The highest BCUT2D eigenvalue weighted by Gasteiger charge is 2.26. The van der Waals surface area contributed by atoms with Crippen molar-refractivity contribution in [2.75, 3.05) is 7.11 Å². The lowest BCUT2D eigenvalue weighted by Crippen LogP contribution is -2.48. The number of imide groups is 1. The zero-order valence-corrected chi connectivity index (χ0v) is 11.3. The Labute approximate surface area is 116 Å². The molecule has 0 radical (unpaired) electrons. The molecule has 2 unspecified atom stereocenters. The first-order valence-corrected chi connectivity index (χ1v) is 5.94. The van der Waals surface area contributed by atoms with Crippen LogP contribution in [0.3, 0.4) is 0 Å². The largest absolute Gasteiger partial charge is 0.468 e. The molecule has 7 nitrogen and oxygen atoms in total. The Hall–Kier alpha value is -2.41. The van der Waals surface area contributed by atoms with Gasteiger partial charge in [-0.2, -0.15) is 0 Å². The second-order valence-electron chi connectivity index (χ2n) is 4.11. The second-order valence-corrected chi connectivity index (χ2v) is 4.11. The number of hydrogen-bond acceptors (Lipinski definition) is 5. The number of methoxy groups -OCH3 is 1. The molecule has 4 N–H and O–H groups in total. The fourth-order valence-electron chi connectivity index (χ4n) is 1.62. The molecule has 108 valence electrons. The zero-order chi connectivity index (χ0) is 15.1. The summed E-state index contributed by atoms with van der Waals surface area (Å²) >= 11 is 0. The van der Waals surface area contributed by atoms with Crippen molar-refractivity contribution >= 4 is 17.9 Å². The summed E-state index contributed by atoms with van der Waals surface area (Å²) in [5.74, 6) is -1.16. The topological polar surface area (TPSA) is 111 Å². The molecule has 0 aliphatic carbocycles. The van der Waals surface area contributed by atoms with Gasteiger partial charge in [-0.05, 0) is 12.5 Å². The number of amides is 3. The minimum atomic E-state index is -0.946. The number of carbonyl (C=O) groups is 3. The van der Waals surface area contributed by atoms with Gasteiger partial charge < -0.3 is 10.5 Å². The van der Waals surface area contributed by atoms with E-state index in [2.05, 4.69) is 5.32 Å². The van der Waals surface area contributed by atoms with Gasteiger partial charge in [-0.25, -0.2) is 9.59 Å². The van der Waals surface area contributed by atoms with E-state index in [9.17, 15) is 14.4 Å². The molecule has 3 amide bonds. The molecule has 0 aliphatic rings. The number of nitrogens with one attached hydrogen (secondary N) is 2. The third-order valence-electron chi connectivity index (χ3n) is 2.63. The van der Waals surface area contributed by atoms with Gasteiger partial charge in [-0.3, -0.25) is 15.4 Å². The normalized spacial score (nSPS) is 13.1. The molecule has 1 aromatic rings. The Morgan fingerprint density at radius 3 is 2.30 bits per heavy atom. The lowest BCUT2D eigenvalue weighted by Gasteiger charge is -2.20. The van der Waals surface area contributed by atoms with Crippen LogP contribution in [-0.4, -0.2) is 31.1 Å². The van der Waals surface area contributed by atoms with Crippen LogP contribution in [0.25, 0.3) is 0 Å². The van der Waals surface area contributed by atoms with Crippen LogP contribution in [-0.2, 0) is 14.3 Å². The number of ether oxygens (including phenoxy) is 1. The first-order chi connectivity index (χ1) is 9.45. The van der Waals surface area contributed by atoms with Crippen molar-refractivity contribution < 1.29 is 19.1 Å². The number of rotatable bonds is 5. The lowest BCUT2D eigenvalue weighted by atomic mass is 10.1. The fourth-order valence-corrected chi connectivity index (χ4v) is 1.62. The zero-order valence-electron chi connectivity index (χ0n) is 11.3. The average Bonchev–Trinajstić information content (AvgIpc) is 2.43. The molecule has 0 fully saturated rings. The number of carbonyl (C=O) groups excluding carboxylic acids is 3. The molecule has 0 saturated carbocycles. The molecule has 0 saturated heterocycles. The number of primary amides is 1. The van der Waals surface area contributed by atoms with E-state index in [1.165, 1.54) is 14.0 Å². The van der Waals surface area contributed by atoms with Crippen molar-refractivity contribution in [3.05, 3.63) is 35.9 Å². The molecule has 1 rings (SSSR count). The van der Waals surface area contributed by atoms with Crippen molar-refractivity contribution in [1.29, 1.82) is 0 Å². The first kappa shape index (κ1) is 15.6. The van der Waals surface area contributed by atoms with Crippen LogP contribution in [0.1, 0.15) is 18.5 Å². The van der Waals surface area contributed by atoms with Gasteiger partial charge >= 0.3 is 12.0 Å². The van der Waals surface area contributed by atoms with E-state index < -0.39 is 30.0 Å². The van der Waals surface area contributed by atoms with E-state index >= 15 is 0 Å². The first-order valence-electron chi connectivity index (χ1n) is 5.94.